The Morgan fingerprint density at radius 1 is 1.14 bits per heavy atom. The van der Waals surface area contributed by atoms with Crippen LogP contribution in [0, 0.1) is 23.1 Å². The summed E-state index contributed by atoms with van der Waals surface area (Å²) in [5.41, 5.74) is 3.02. The Hall–Kier alpha value is -3.24. The minimum Gasteiger partial charge on any atom is -0.458 e. The number of halogens is 1. The molecule has 1 N–H and O–H groups in total. The van der Waals surface area contributed by atoms with Crippen LogP contribution in [-0.2, 0) is 28.5 Å². The standard InChI is InChI=1S/C40H41FO7S/c1-20(2)39-33(47-39)18-38(44)37(4)13-12-26-30(19-45-35(26)43)31(37)17-32-40(38,48-32)36(39)46-34(42)16-28-21(3)27(25-11-8-23(41)15-29(25)28)14-22-6-9-24(49-5)10-7-22/h6-11,14-15,20,31-33,36,44H,12-13,16-19H2,1-5H3/b27-14-. The molecule has 1 spiro atoms. The van der Waals surface area contributed by atoms with Crippen LogP contribution in [0.15, 0.2) is 64.1 Å². The molecule has 2 aromatic rings. The molecule has 4 aliphatic carbocycles. The largest absolute Gasteiger partial charge is 0.458 e. The number of carbonyl (C=O) groups excluding carboxylic acids is 2. The Balaban J connectivity index is 1.06. The van der Waals surface area contributed by atoms with Crippen molar-refractivity contribution in [3.63, 3.8) is 0 Å². The lowest BCUT2D eigenvalue weighted by Gasteiger charge is -2.60. The van der Waals surface area contributed by atoms with Gasteiger partial charge in [-0.1, -0.05) is 39.0 Å². The van der Waals surface area contributed by atoms with Crippen LogP contribution >= 0.6 is 11.8 Å². The first-order chi connectivity index (χ1) is 23.4. The minimum absolute atomic E-state index is 0.000381. The topological polar surface area (TPSA) is 97.9 Å². The van der Waals surface area contributed by atoms with E-state index in [9.17, 15) is 19.1 Å². The zero-order chi connectivity index (χ0) is 34.2. The fourth-order valence-electron chi connectivity index (χ4n) is 10.6. The van der Waals surface area contributed by atoms with Gasteiger partial charge in [-0.2, -0.15) is 0 Å². The number of thioether (sulfide) groups is 1. The van der Waals surface area contributed by atoms with Crippen molar-refractivity contribution >= 4 is 40.9 Å². The summed E-state index contributed by atoms with van der Waals surface area (Å²) in [5, 5.41) is 13.0. The average molecular weight is 685 g/mol. The van der Waals surface area contributed by atoms with Gasteiger partial charge in [0.1, 0.15) is 23.6 Å². The van der Waals surface area contributed by atoms with Gasteiger partial charge in [0, 0.05) is 22.3 Å². The summed E-state index contributed by atoms with van der Waals surface area (Å²) in [6.07, 6.45) is 4.72. The van der Waals surface area contributed by atoms with Gasteiger partial charge >= 0.3 is 11.9 Å². The number of hydrogen-bond acceptors (Lipinski definition) is 8. The Labute approximate surface area is 289 Å². The third kappa shape index (κ3) is 4.07. The number of esters is 2. The fourth-order valence-corrected chi connectivity index (χ4v) is 11.0. The molecule has 9 rings (SSSR count). The Morgan fingerprint density at radius 2 is 1.92 bits per heavy atom. The van der Waals surface area contributed by atoms with Gasteiger partial charge in [0.25, 0.3) is 0 Å². The fraction of sp³-hybridized carbons (Fsp3) is 0.500. The molecular formula is C40H41FO7S. The number of fused-ring (bicyclic) bond motifs is 5. The lowest BCUT2D eigenvalue weighted by Crippen LogP contribution is -2.74. The molecule has 8 atom stereocenters. The number of aliphatic hydroxyl groups is 1. The molecule has 0 aromatic heterocycles. The van der Waals surface area contributed by atoms with Crippen molar-refractivity contribution in [1.82, 2.24) is 0 Å². The molecule has 7 aliphatic rings. The zero-order valence-electron chi connectivity index (χ0n) is 28.4. The second-order valence-corrected chi connectivity index (χ2v) is 16.4. The third-order valence-corrected chi connectivity index (χ3v) is 14.0. The van der Waals surface area contributed by atoms with Crippen molar-refractivity contribution in [3.05, 3.63) is 81.7 Å². The predicted molar refractivity (Wildman–Crippen MR) is 183 cm³/mol. The molecular weight excluding hydrogens is 643 g/mol. The maximum Gasteiger partial charge on any atom is 0.334 e. The number of hydrogen-bond donors (Lipinski definition) is 1. The number of benzene rings is 2. The molecule has 9 heteroatoms. The maximum atomic E-state index is 14.7. The van der Waals surface area contributed by atoms with Gasteiger partial charge in [0.2, 0.25) is 0 Å². The van der Waals surface area contributed by atoms with Crippen molar-refractivity contribution in [1.29, 1.82) is 0 Å². The Bertz CT molecular complexity index is 1930. The molecule has 3 heterocycles. The van der Waals surface area contributed by atoms with Crippen molar-refractivity contribution in [2.24, 2.45) is 17.3 Å². The smallest absolute Gasteiger partial charge is 0.334 e. The number of carbonyl (C=O) groups is 2. The van der Waals surface area contributed by atoms with E-state index in [-0.39, 0.29) is 48.9 Å². The number of cyclic esters (lactones) is 1. The summed E-state index contributed by atoms with van der Waals surface area (Å²) >= 11 is 1.68. The van der Waals surface area contributed by atoms with Crippen LogP contribution in [0.2, 0.25) is 0 Å². The molecule has 2 aromatic carbocycles. The van der Waals surface area contributed by atoms with E-state index in [1.807, 2.05) is 13.2 Å². The lowest BCUT2D eigenvalue weighted by atomic mass is 9.44. The van der Waals surface area contributed by atoms with Gasteiger partial charge in [-0.25, -0.2) is 9.18 Å². The first-order valence-corrected chi connectivity index (χ1v) is 18.6. The number of allylic oxidation sites excluding steroid dienone is 2. The zero-order valence-corrected chi connectivity index (χ0v) is 29.2. The number of ether oxygens (including phenoxy) is 4. The normalized spacial score (nSPS) is 38.8. The van der Waals surface area contributed by atoms with E-state index in [4.69, 9.17) is 18.9 Å². The molecule has 0 amide bonds. The van der Waals surface area contributed by atoms with Crippen molar-refractivity contribution in [2.75, 3.05) is 12.9 Å². The van der Waals surface area contributed by atoms with Crippen molar-refractivity contribution in [2.45, 2.75) is 99.8 Å². The van der Waals surface area contributed by atoms with Gasteiger partial charge in [-0.05, 0) is 114 Å². The van der Waals surface area contributed by atoms with Crippen LogP contribution in [0.4, 0.5) is 4.39 Å². The Morgan fingerprint density at radius 3 is 2.65 bits per heavy atom. The summed E-state index contributed by atoms with van der Waals surface area (Å²) in [4.78, 5) is 27.9. The van der Waals surface area contributed by atoms with E-state index in [2.05, 4.69) is 51.1 Å². The molecule has 0 bridgehead atoms. The van der Waals surface area contributed by atoms with E-state index in [1.165, 1.54) is 17.0 Å². The van der Waals surface area contributed by atoms with E-state index in [0.717, 1.165) is 39.0 Å². The summed E-state index contributed by atoms with van der Waals surface area (Å²) in [7, 11) is 0. The molecule has 3 aliphatic heterocycles. The van der Waals surface area contributed by atoms with E-state index in [1.54, 1.807) is 17.8 Å². The highest BCUT2D eigenvalue weighted by Crippen LogP contribution is 2.76. The summed E-state index contributed by atoms with van der Waals surface area (Å²) in [6, 6.07) is 13.0. The van der Waals surface area contributed by atoms with Gasteiger partial charge in [0.05, 0.1) is 18.6 Å². The monoisotopic (exact) mass is 684 g/mol. The minimum atomic E-state index is -1.34. The maximum absolute atomic E-state index is 14.7. The third-order valence-electron chi connectivity index (χ3n) is 13.3. The van der Waals surface area contributed by atoms with Crippen LogP contribution in [-0.4, -0.2) is 65.0 Å². The SMILES string of the molecule is CSc1ccc(/C=C2/C(C)=C(CC(=O)OC3C4(C(C)C)OC4CC4(O)C5(C)CCC6=C(COC6=O)C5CC5OC534)c3cc(F)ccc32)cc1. The van der Waals surface area contributed by atoms with Gasteiger partial charge in [0.15, 0.2) is 11.7 Å². The van der Waals surface area contributed by atoms with Crippen molar-refractivity contribution in [3.8, 4) is 0 Å². The van der Waals surface area contributed by atoms with Crippen LogP contribution in [0.1, 0.15) is 76.5 Å². The second kappa shape index (κ2) is 10.4. The molecule has 0 radical (unpaired) electrons. The van der Waals surface area contributed by atoms with Crippen LogP contribution < -0.4 is 0 Å². The van der Waals surface area contributed by atoms with Gasteiger partial charge < -0.3 is 24.1 Å². The quantitative estimate of drug-likeness (QED) is 0.199. The van der Waals surface area contributed by atoms with Crippen molar-refractivity contribution < 1.29 is 38.0 Å². The molecule has 2 saturated heterocycles. The van der Waals surface area contributed by atoms with E-state index in [0.29, 0.717) is 31.2 Å². The second-order valence-electron chi connectivity index (χ2n) is 15.5. The lowest BCUT2D eigenvalue weighted by molar-refractivity contribution is -0.221. The van der Waals surface area contributed by atoms with Crippen LogP contribution in [0.25, 0.3) is 17.2 Å². The highest BCUT2D eigenvalue weighted by Gasteiger charge is 2.91. The van der Waals surface area contributed by atoms with E-state index >= 15 is 0 Å². The summed E-state index contributed by atoms with van der Waals surface area (Å²) in [5.74, 6) is -1.15. The molecule has 49 heavy (non-hydrogen) atoms. The molecule has 8 unspecified atom stereocenters. The summed E-state index contributed by atoms with van der Waals surface area (Å²) < 4.78 is 39.9. The van der Waals surface area contributed by atoms with Crippen LogP contribution in [0.3, 0.4) is 0 Å². The highest BCUT2D eigenvalue weighted by molar-refractivity contribution is 7.98. The first kappa shape index (κ1) is 31.7. The highest BCUT2D eigenvalue weighted by atomic mass is 32.2. The van der Waals surface area contributed by atoms with Crippen LogP contribution in [0.5, 0.6) is 0 Å². The predicted octanol–water partition coefficient (Wildman–Crippen LogP) is 6.92. The first-order valence-electron chi connectivity index (χ1n) is 17.4. The molecule has 7 nitrogen and oxygen atoms in total. The van der Waals surface area contributed by atoms with E-state index < -0.39 is 34.3 Å². The van der Waals surface area contributed by atoms with Gasteiger partial charge in [-0.3, -0.25) is 4.79 Å². The summed E-state index contributed by atoms with van der Waals surface area (Å²) in [6.45, 7) is 8.47. The number of rotatable bonds is 6. The molecule has 4 fully saturated rings. The van der Waals surface area contributed by atoms with Gasteiger partial charge in [-0.15, -0.1) is 11.8 Å². The molecule has 256 valence electrons. The average Bonchev–Trinajstić information content (AvgIpc) is 3.94. The number of epoxide rings is 2. The Kier molecular flexibility index (Phi) is 6.74. The molecule has 2 saturated carbocycles.